The van der Waals surface area contributed by atoms with Crippen LogP contribution in [0.2, 0.25) is 0 Å². The highest BCUT2D eigenvalue weighted by Gasteiger charge is 2.07. The van der Waals surface area contributed by atoms with Gasteiger partial charge in [-0.25, -0.2) is 0 Å². The van der Waals surface area contributed by atoms with Crippen LogP contribution < -0.4 is 5.32 Å². The number of hydrogen-bond acceptors (Lipinski definition) is 3. The van der Waals surface area contributed by atoms with Crippen molar-refractivity contribution in [2.45, 2.75) is 46.1 Å². The van der Waals surface area contributed by atoms with E-state index in [2.05, 4.69) is 24.3 Å². The average Bonchev–Trinajstić information content (AvgIpc) is 2.54. The summed E-state index contributed by atoms with van der Waals surface area (Å²) in [6, 6.07) is 0. The topological polar surface area (TPSA) is 50.1 Å². The van der Waals surface area contributed by atoms with Gasteiger partial charge < -0.3 is 10.4 Å². The molecule has 1 aromatic rings. The standard InChI is InChI=1S/C13H25N3O/c1-11-13(12(2)16(3)15-11)10-14-8-6-4-5-7-9-17/h14,17H,4-10H2,1-3H3. The van der Waals surface area contributed by atoms with Gasteiger partial charge in [-0.15, -0.1) is 0 Å². The predicted molar refractivity (Wildman–Crippen MR) is 69.9 cm³/mol. The van der Waals surface area contributed by atoms with Crippen molar-refractivity contribution in [3.63, 3.8) is 0 Å². The van der Waals surface area contributed by atoms with Crippen molar-refractivity contribution < 1.29 is 5.11 Å². The highest BCUT2D eigenvalue weighted by Crippen LogP contribution is 2.11. The summed E-state index contributed by atoms with van der Waals surface area (Å²) < 4.78 is 1.94. The largest absolute Gasteiger partial charge is 0.396 e. The van der Waals surface area contributed by atoms with Gasteiger partial charge >= 0.3 is 0 Å². The summed E-state index contributed by atoms with van der Waals surface area (Å²) in [5.41, 5.74) is 3.69. The minimum atomic E-state index is 0.321. The van der Waals surface area contributed by atoms with Gasteiger partial charge in [0.05, 0.1) is 5.69 Å². The fraction of sp³-hybridized carbons (Fsp3) is 0.769. The van der Waals surface area contributed by atoms with E-state index in [1.54, 1.807) is 0 Å². The van der Waals surface area contributed by atoms with Crippen LogP contribution in [0.4, 0.5) is 0 Å². The quantitative estimate of drug-likeness (QED) is 0.679. The first-order chi connectivity index (χ1) is 8.16. The molecule has 0 aliphatic rings. The van der Waals surface area contributed by atoms with E-state index in [1.165, 1.54) is 24.1 Å². The van der Waals surface area contributed by atoms with E-state index in [-0.39, 0.29) is 0 Å². The molecular formula is C13H25N3O. The first-order valence-electron chi connectivity index (χ1n) is 6.47. The predicted octanol–water partition coefficient (Wildman–Crippen LogP) is 1.68. The summed E-state index contributed by atoms with van der Waals surface area (Å²) in [7, 11) is 1.99. The number of hydrogen-bond donors (Lipinski definition) is 2. The highest BCUT2D eigenvalue weighted by molar-refractivity contribution is 5.23. The molecule has 1 rings (SSSR count). The second kappa shape index (κ2) is 7.45. The fourth-order valence-electron chi connectivity index (χ4n) is 2.00. The molecule has 17 heavy (non-hydrogen) atoms. The van der Waals surface area contributed by atoms with Crippen LogP contribution in [0, 0.1) is 13.8 Å². The van der Waals surface area contributed by atoms with Crippen molar-refractivity contribution in [3.05, 3.63) is 17.0 Å². The zero-order chi connectivity index (χ0) is 12.7. The Kier molecular flexibility index (Phi) is 6.22. The molecule has 0 fully saturated rings. The first-order valence-corrected chi connectivity index (χ1v) is 6.47. The molecule has 0 radical (unpaired) electrons. The Morgan fingerprint density at radius 3 is 2.47 bits per heavy atom. The van der Waals surface area contributed by atoms with Gasteiger partial charge in [0.2, 0.25) is 0 Å². The lowest BCUT2D eigenvalue weighted by atomic mass is 10.2. The van der Waals surface area contributed by atoms with Crippen LogP contribution in [-0.4, -0.2) is 28.0 Å². The molecule has 0 bridgehead atoms. The summed E-state index contributed by atoms with van der Waals surface area (Å²) in [4.78, 5) is 0. The normalized spacial score (nSPS) is 11.1. The summed E-state index contributed by atoms with van der Waals surface area (Å²) in [6.45, 7) is 6.44. The molecular weight excluding hydrogens is 214 g/mol. The molecule has 0 saturated carbocycles. The van der Waals surface area contributed by atoms with Crippen molar-refractivity contribution in [3.8, 4) is 0 Å². The summed E-state index contributed by atoms with van der Waals surface area (Å²) in [5, 5.41) is 16.5. The van der Waals surface area contributed by atoms with Gasteiger partial charge in [0, 0.05) is 31.5 Å². The average molecular weight is 239 g/mol. The van der Waals surface area contributed by atoms with Crippen molar-refractivity contribution in [2.24, 2.45) is 7.05 Å². The Hall–Kier alpha value is -0.870. The van der Waals surface area contributed by atoms with Crippen molar-refractivity contribution in [2.75, 3.05) is 13.2 Å². The highest BCUT2D eigenvalue weighted by atomic mass is 16.2. The fourth-order valence-corrected chi connectivity index (χ4v) is 2.00. The molecule has 0 atom stereocenters. The molecule has 0 amide bonds. The Labute approximate surface area is 104 Å². The lowest BCUT2D eigenvalue weighted by Crippen LogP contribution is -2.15. The van der Waals surface area contributed by atoms with Crippen molar-refractivity contribution in [1.82, 2.24) is 15.1 Å². The number of nitrogens with one attached hydrogen (secondary N) is 1. The second-order valence-corrected chi connectivity index (χ2v) is 4.59. The second-order valence-electron chi connectivity index (χ2n) is 4.59. The van der Waals surface area contributed by atoms with E-state index in [0.717, 1.165) is 31.6 Å². The minimum absolute atomic E-state index is 0.321. The van der Waals surface area contributed by atoms with Gasteiger partial charge in [-0.2, -0.15) is 5.10 Å². The van der Waals surface area contributed by atoms with Crippen LogP contribution in [0.25, 0.3) is 0 Å². The third-order valence-corrected chi connectivity index (χ3v) is 3.22. The molecule has 4 heteroatoms. The lowest BCUT2D eigenvalue weighted by molar-refractivity contribution is 0.282. The van der Waals surface area contributed by atoms with Crippen LogP contribution in [0.3, 0.4) is 0 Å². The van der Waals surface area contributed by atoms with E-state index in [1.807, 2.05) is 11.7 Å². The third kappa shape index (κ3) is 4.48. The first kappa shape index (κ1) is 14.2. The third-order valence-electron chi connectivity index (χ3n) is 3.22. The van der Waals surface area contributed by atoms with Gasteiger partial charge in [0.1, 0.15) is 0 Å². The monoisotopic (exact) mass is 239 g/mol. The Balaban J connectivity index is 2.18. The van der Waals surface area contributed by atoms with E-state index in [9.17, 15) is 0 Å². The number of nitrogens with zero attached hydrogens (tertiary/aromatic N) is 2. The number of aliphatic hydroxyl groups excluding tert-OH is 1. The Morgan fingerprint density at radius 1 is 1.18 bits per heavy atom. The van der Waals surface area contributed by atoms with Crippen LogP contribution in [0.1, 0.15) is 42.6 Å². The zero-order valence-electron chi connectivity index (χ0n) is 11.3. The van der Waals surface area contributed by atoms with E-state index >= 15 is 0 Å². The van der Waals surface area contributed by atoms with Gasteiger partial charge in [0.15, 0.2) is 0 Å². The van der Waals surface area contributed by atoms with Crippen LogP contribution in [-0.2, 0) is 13.6 Å². The molecule has 2 N–H and O–H groups in total. The smallest absolute Gasteiger partial charge is 0.0641 e. The Morgan fingerprint density at radius 2 is 1.88 bits per heavy atom. The lowest BCUT2D eigenvalue weighted by Gasteiger charge is -2.05. The number of unbranched alkanes of at least 4 members (excludes halogenated alkanes) is 3. The summed E-state index contributed by atoms with van der Waals surface area (Å²) in [6.07, 6.45) is 4.43. The molecule has 0 unspecified atom stereocenters. The minimum Gasteiger partial charge on any atom is -0.396 e. The van der Waals surface area contributed by atoms with Crippen molar-refractivity contribution in [1.29, 1.82) is 0 Å². The molecule has 4 nitrogen and oxygen atoms in total. The van der Waals surface area contributed by atoms with Crippen LogP contribution >= 0.6 is 0 Å². The molecule has 0 aliphatic carbocycles. The number of rotatable bonds is 8. The van der Waals surface area contributed by atoms with Gasteiger partial charge in [-0.1, -0.05) is 12.8 Å². The Bertz CT molecular complexity index is 334. The molecule has 0 spiro atoms. The maximum absolute atomic E-state index is 8.66. The molecule has 1 heterocycles. The van der Waals surface area contributed by atoms with Crippen molar-refractivity contribution >= 4 is 0 Å². The SMILES string of the molecule is Cc1nn(C)c(C)c1CNCCCCCCO. The molecule has 0 saturated heterocycles. The van der Waals surface area contributed by atoms with Gasteiger partial charge in [-0.3, -0.25) is 4.68 Å². The summed E-state index contributed by atoms with van der Waals surface area (Å²) >= 11 is 0. The van der Waals surface area contributed by atoms with E-state index in [0.29, 0.717) is 6.61 Å². The molecule has 98 valence electrons. The molecule has 1 aromatic heterocycles. The van der Waals surface area contributed by atoms with E-state index in [4.69, 9.17) is 5.11 Å². The maximum atomic E-state index is 8.66. The molecule has 0 aliphatic heterocycles. The number of aromatic nitrogens is 2. The number of aryl methyl sites for hydroxylation is 2. The zero-order valence-corrected chi connectivity index (χ0v) is 11.3. The maximum Gasteiger partial charge on any atom is 0.0641 e. The molecule has 0 aromatic carbocycles. The van der Waals surface area contributed by atoms with Gasteiger partial charge in [0.25, 0.3) is 0 Å². The van der Waals surface area contributed by atoms with E-state index < -0.39 is 0 Å². The van der Waals surface area contributed by atoms with Gasteiger partial charge in [-0.05, 0) is 33.2 Å². The summed E-state index contributed by atoms with van der Waals surface area (Å²) in [5.74, 6) is 0. The van der Waals surface area contributed by atoms with Crippen LogP contribution in [0.15, 0.2) is 0 Å². The van der Waals surface area contributed by atoms with Crippen LogP contribution in [0.5, 0.6) is 0 Å². The number of aliphatic hydroxyl groups is 1.